The quantitative estimate of drug-likeness (QED) is 0.502. The van der Waals surface area contributed by atoms with Crippen molar-refractivity contribution in [3.05, 3.63) is 29.8 Å². The van der Waals surface area contributed by atoms with Crippen molar-refractivity contribution >= 4 is 18.9 Å². The Morgan fingerprint density at radius 1 is 1.11 bits per heavy atom. The topological polar surface area (TPSA) is 20.2 Å². The van der Waals surface area contributed by atoms with Gasteiger partial charge in [0, 0.05) is 0 Å². The van der Waals surface area contributed by atoms with E-state index < -0.39 is 0 Å². The minimum absolute atomic E-state index is 0. The van der Waals surface area contributed by atoms with Crippen LogP contribution in [0.4, 0.5) is 0 Å². The molecular formula is C7H9LiO. The summed E-state index contributed by atoms with van der Waals surface area (Å²) in [6, 6.07) is 7.09. The first kappa shape index (κ1) is 8.62. The van der Waals surface area contributed by atoms with Crippen molar-refractivity contribution in [2.24, 2.45) is 0 Å². The third-order valence-corrected chi connectivity index (χ3v) is 1.03. The second-order valence-electron chi connectivity index (χ2n) is 1.84. The van der Waals surface area contributed by atoms with Crippen LogP contribution in [0.1, 0.15) is 5.56 Å². The Bertz CT molecular complexity index is 148. The number of aryl methyl sites for hydroxylation is 1. The van der Waals surface area contributed by atoms with Crippen molar-refractivity contribution in [2.45, 2.75) is 6.92 Å². The molecule has 0 bridgehead atoms. The van der Waals surface area contributed by atoms with E-state index in [9.17, 15) is 0 Å². The Hall–Kier alpha value is -0.383. The van der Waals surface area contributed by atoms with Gasteiger partial charge in [-0.15, -0.1) is 0 Å². The molecule has 1 aromatic rings. The van der Waals surface area contributed by atoms with Crippen LogP contribution in [-0.4, -0.2) is 24.0 Å². The number of aromatic hydroxyl groups is 1. The molecule has 0 saturated carbocycles. The molecule has 0 aliphatic heterocycles. The van der Waals surface area contributed by atoms with Crippen LogP contribution in [0, 0.1) is 6.92 Å². The van der Waals surface area contributed by atoms with Crippen LogP contribution < -0.4 is 0 Å². The van der Waals surface area contributed by atoms with Gasteiger partial charge < -0.3 is 5.11 Å². The fraction of sp³-hybridized carbons (Fsp3) is 0.143. The molecule has 44 valence electrons. The van der Waals surface area contributed by atoms with E-state index in [0.29, 0.717) is 5.75 Å². The number of rotatable bonds is 0. The SMILES string of the molecule is Cc1ccc(O)cc1.[LiH]. The van der Waals surface area contributed by atoms with E-state index >= 15 is 0 Å². The van der Waals surface area contributed by atoms with Crippen molar-refractivity contribution in [3.8, 4) is 5.75 Å². The molecule has 0 spiro atoms. The predicted octanol–water partition coefficient (Wildman–Crippen LogP) is 1.05. The number of phenolic OH excluding ortho intramolecular Hbond substituents is 1. The van der Waals surface area contributed by atoms with E-state index in [-0.39, 0.29) is 18.9 Å². The van der Waals surface area contributed by atoms with Gasteiger partial charge in [0.1, 0.15) is 5.75 Å². The first-order valence-corrected chi connectivity index (χ1v) is 2.54. The van der Waals surface area contributed by atoms with Crippen molar-refractivity contribution < 1.29 is 5.11 Å². The molecule has 1 N–H and O–H groups in total. The molecule has 0 unspecified atom stereocenters. The summed E-state index contributed by atoms with van der Waals surface area (Å²) in [6.45, 7) is 1.99. The Morgan fingerprint density at radius 2 is 1.56 bits per heavy atom. The number of hydrogen-bond donors (Lipinski definition) is 1. The summed E-state index contributed by atoms with van der Waals surface area (Å²) >= 11 is 0. The van der Waals surface area contributed by atoms with Gasteiger partial charge in [0.2, 0.25) is 0 Å². The fourth-order valence-electron chi connectivity index (χ4n) is 0.545. The monoisotopic (exact) mass is 116 g/mol. The van der Waals surface area contributed by atoms with Gasteiger partial charge in [0.05, 0.1) is 0 Å². The number of benzene rings is 1. The zero-order valence-corrected chi connectivity index (χ0v) is 4.76. The fourth-order valence-corrected chi connectivity index (χ4v) is 0.545. The Labute approximate surface area is 66.9 Å². The molecule has 0 saturated heterocycles. The van der Waals surface area contributed by atoms with Crippen LogP contribution in [0.2, 0.25) is 0 Å². The maximum absolute atomic E-state index is 8.76. The molecule has 0 aliphatic rings. The Morgan fingerprint density at radius 3 is 1.89 bits per heavy atom. The molecule has 0 radical (unpaired) electrons. The molecule has 0 atom stereocenters. The van der Waals surface area contributed by atoms with E-state index in [1.54, 1.807) is 12.1 Å². The molecule has 0 amide bonds. The van der Waals surface area contributed by atoms with E-state index in [1.165, 1.54) is 5.56 Å². The molecule has 0 fully saturated rings. The Kier molecular flexibility index (Phi) is 3.45. The summed E-state index contributed by atoms with van der Waals surface area (Å²) in [5.41, 5.74) is 1.17. The van der Waals surface area contributed by atoms with Gasteiger partial charge in [0.25, 0.3) is 0 Å². The van der Waals surface area contributed by atoms with Crippen LogP contribution in [0.15, 0.2) is 24.3 Å². The summed E-state index contributed by atoms with van der Waals surface area (Å²) < 4.78 is 0. The van der Waals surface area contributed by atoms with Gasteiger partial charge in [0.15, 0.2) is 0 Å². The molecule has 0 aliphatic carbocycles. The molecular weight excluding hydrogens is 107 g/mol. The molecule has 9 heavy (non-hydrogen) atoms. The van der Waals surface area contributed by atoms with Gasteiger partial charge in [-0.05, 0) is 19.1 Å². The van der Waals surface area contributed by atoms with Crippen LogP contribution in [0.3, 0.4) is 0 Å². The van der Waals surface area contributed by atoms with E-state index in [4.69, 9.17) is 5.11 Å². The molecule has 1 rings (SSSR count). The zero-order chi connectivity index (χ0) is 5.98. The molecule has 1 aromatic carbocycles. The van der Waals surface area contributed by atoms with Crippen LogP contribution in [0.25, 0.3) is 0 Å². The summed E-state index contributed by atoms with van der Waals surface area (Å²) in [5.74, 6) is 0.329. The second-order valence-corrected chi connectivity index (χ2v) is 1.84. The average molecular weight is 116 g/mol. The number of phenols is 1. The summed E-state index contributed by atoms with van der Waals surface area (Å²) in [7, 11) is 0. The number of hydrogen-bond acceptors (Lipinski definition) is 1. The zero-order valence-electron chi connectivity index (χ0n) is 4.76. The second kappa shape index (κ2) is 3.61. The van der Waals surface area contributed by atoms with Gasteiger partial charge in [-0.3, -0.25) is 0 Å². The van der Waals surface area contributed by atoms with Gasteiger partial charge >= 0.3 is 18.9 Å². The van der Waals surface area contributed by atoms with Crippen molar-refractivity contribution in [1.29, 1.82) is 0 Å². The first-order chi connectivity index (χ1) is 3.79. The Balaban J connectivity index is 0.000000640. The molecule has 1 nitrogen and oxygen atoms in total. The predicted molar refractivity (Wildman–Crippen MR) is 40.0 cm³/mol. The first-order valence-electron chi connectivity index (χ1n) is 2.54. The minimum atomic E-state index is 0. The molecule has 0 heterocycles. The molecule has 0 aromatic heterocycles. The maximum atomic E-state index is 8.76. The van der Waals surface area contributed by atoms with Crippen LogP contribution in [0.5, 0.6) is 5.75 Å². The summed E-state index contributed by atoms with van der Waals surface area (Å²) in [4.78, 5) is 0. The van der Waals surface area contributed by atoms with E-state index in [2.05, 4.69) is 0 Å². The standard InChI is InChI=1S/C7H8O.Li.H/c1-6-2-4-7(8)5-3-6;;/h2-5,8H,1H3;;. The van der Waals surface area contributed by atoms with Crippen molar-refractivity contribution in [2.75, 3.05) is 0 Å². The van der Waals surface area contributed by atoms with Gasteiger partial charge in [-0.1, -0.05) is 17.7 Å². The van der Waals surface area contributed by atoms with Crippen molar-refractivity contribution in [3.63, 3.8) is 0 Å². The van der Waals surface area contributed by atoms with Crippen molar-refractivity contribution in [1.82, 2.24) is 0 Å². The van der Waals surface area contributed by atoms with E-state index in [0.717, 1.165) is 0 Å². The average Bonchev–Trinajstić information content (AvgIpc) is 1.77. The van der Waals surface area contributed by atoms with Crippen LogP contribution in [-0.2, 0) is 0 Å². The third kappa shape index (κ3) is 2.60. The third-order valence-electron chi connectivity index (χ3n) is 1.03. The molecule has 2 heteroatoms. The van der Waals surface area contributed by atoms with Crippen LogP contribution >= 0.6 is 0 Å². The summed E-state index contributed by atoms with van der Waals surface area (Å²) in [6.07, 6.45) is 0. The normalized spacial score (nSPS) is 8.11. The van der Waals surface area contributed by atoms with E-state index in [1.807, 2.05) is 19.1 Å². The summed E-state index contributed by atoms with van der Waals surface area (Å²) in [5, 5.41) is 8.76. The van der Waals surface area contributed by atoms with Gasteiger partial charge in [-0.2, -0.15) is 0 Å². The van der Waals surface area contributed by atoms with Gasteiger partial charge in [-0.25, -0.2) is 0 Å².